The van der Waals surface area contributed by atoms with Crippen LogP contribution in [-0.4, -0.2) is 42.9 Å². The van der Waals surface area contributed by atoms with Gasteiger partial charge in [-0.3, -0.25) is 9.59 Å². The van der Waals surface area contributed by atoms with Crippen LogP contribution in [-0.2, 0) is 9.59 Å². The Kier molecular flexibility index (Phi) is 6.56. The van der Waals surface area contributed by atoms with E-state index in [-0.39, 0.29) is 17.7 Å². The molecule has 2 atom stereocenters. The molecule has 2 rings (SSSR count). The molecule has 0 aromatic heterocycles. The number of hydrogen-bond acceptors (Lipinski definition) is 4. The van der Waals surface area contributed by atoms with E-state index in [0.717, 1.165) is 37.1 Å². The number of amides is 2. The fourth-order valence-corrected chi connectivity index (χ4v) is 3.20. The van der Waals surface area contributed by atoms with Crippen LogP contribution in [0.3, 0.4) is 0 Å². The maximum absolute atomic E-state index is 12.5. The largest absolute Gasteiger partial charge is 0.326 e. The predicted molar refractivity (Wildman–Crippen MR) is 101 cm³/mol. The van der Waals surface area contributed by atoms with Gasteiger partial charge in [0.2, 0.25) is 11.8 Å². The van der Waals surface area contributed by atoms with Crippen molar-refractivity contribution in [1.29, 1.82) is 0 Å². The van der Waals surface area contributed by atoms with Crippen molar-refractivity contribution in [1.82, 2.24) is 4.90 Å². The predicted octanol–water partition coefficient (Wildman–Crippen LogP) is 2.42. The third-order valence-electron chi connectivity index (χ3n) is 4.79. The quantitative estimate of drug-likeness (QED) is 0.738. The summed E-state index contributed by atoms with van der Waals surface area (Å²) in [5.74, 6) is -0.203. The van der Waals surface area contributed by atoms with Gasteiger partial charge in [-0.25, -0.2) is 0 Å². The van der Waals surface area contributed by atoms with Gasteiger partial charge in [0.1, 0.15) is 0 Å². The van der Waals surface area contributed by atoms with Crippen LogP contribution in [0.5, 0.6) is 0 Å². The number of rotatable bonds is 6. The van der Waals surface area contributed by atoms with Crippen LogP contribution in [0.25, 0.3) is 0 Å². The molecule has 1 fully saturated rings. The average Bonchev–Trinajstić information content (AvgIpc) is 2.54. The zero-order valence-corrected chi connectivity index (χ0v) is 15.5. The summed E-state index contributed by atoms with van der Waals surface area (Å²) in [7, 11) is 3.87. The van der Waals surface area contributed by atoms with Crippen LogP contribution in [0.15, 0.2) is 24.3 Å². The molecule has 0 aliphatic heterocycles. The molecule has 0 bridgehead atoms. The molecular weight excluding hydrogens is 316 g/mol. The van der Waals surface area contributed by atoms with Crippen LogP contribution in [0.4, 0.5) is 11.4 Å². The van der Waals surface area contributed by atoms with Crippen LogP contribution in [0.1, 0.15) is 39.0 Å². The van der Waals surface area contributed by atoms with E-state index in [4.69, 9.17) is 5.73 Å². The highest BCUT2D eigenvalue weighted by molar-refractivity contribution is 5.94. The molecule has 2 unspecified atom stereocenters. The van der Waals surface area contributed by atoms with E-state index in [0.29, 0.717) is 13.0 Å². The van der Waals surface area contributed by atoms with Crippen molar-refractivity contribution >= 4 is 23.2 Å². The van der Waals surface area contributed by atoms with Crippen LogP contribution >= 0.6 is 0 Å². The Balaban J connectivity index is 1.89. The maximum Gasteiger partial charge on any atom is 0.229 e. The molecular formula is C19H30N4O2. The molecule has 1 aliphatic carbocycles. The summed E-state index contributed by atoms with van der Waals surface area (Å²) in [4.78, 5) is 26.3. The Morgan fingerprint density at radius 1 is 1.16 bits per heavy atom. The molecule has 6 heteroatoms. The molecule has 1 aliphatic rings. The molecule has 0 heterocycles. The van der Waals surface area contributed by atoms with Gasteiger partial charge >= 0.3 is 0 Å². The number of nitrogens with one attached hydrogen (secondary N) is 2. The zero-order valence-electron chi connectivity index (χ0n) is 15.5. The van der Waals surface area contributed by atoms with Crippen LogP contribution in [0, 0.1) is 5.92 Å². The van der Waals surface area contributed by atoms with Gasteiger partial charge < -0.3 is 21.3 Å². The lowest BCUT2D eigenvalue weighted by Gasteiger charge is -2.37. The number of carbonyl (C=O) groups excluding carboxylic acids is 2. The lowest BCUT2D eigenvalue weighted by atomic mass is 9.74. The molecule has 25 heavy (non-hydrogen) atoms. The number of anilines is 2. The molecule has 1 aromatic rings. The summed E-state index contributed by atoms with van der Waals surface area (Å²) in [5.41, 5.74) is 7.30. The number of nitrogens with two attached hydrogens (primary N) is 1. The first kappa shape index (κ1) is 19.4. The van der Waals surface area contributed by atoms with E-state index in [1.165, 1.54) is 0 Å². The first-order valence-electron chi connectivity index (χ1n) is 8.92. The van der Waals surface area contributed by atoms with E-state index < -0.39 is 5.54 Å². The third-order valence-corrected chi connectivity index (χ3v) is 4.79. The smallest absolute Gasteiger partial charge is 0.229 e. The molecule has 2 amide bonds. The number of hydrogen-bond donors (Lipinski definition) is 3. The average molecular weight is 346 g/mol. The van der Waals surface area contributed by atoms with Crippen molar-refractivity contribution in [3.63, 3.8) is 0 Å². The Bertz CT molecular complexity index is 596. The second-order valence-corrected chi connectivity index (χ2v) is 7.47. The van der Waals surface area contributed by atoms with Crippen molar-refractivity contribution in [3.8, 4) is 0 Å². The molecule has 4 N–H and O–H groups in total. The molecule has 1 aromatic carbocycles. The third kappa shape index (κ3) is 5.83. The Labute approximate surface area is 150 Å². The SMILES string of the molecule is CN(C)CCC(=O)Nc1ccc(NC(=O)C2CCCCC2(C)N)cc1. The van der Waals surface area contributed by atoms with Gasteiger partial charge in [0.15, 0.2) is 0 Å². The first-order valence-corrected chi connectivity index (χ1v) is 8.92. The van der Waals surface area contributed by atoms with E-state index in [1.54, 1.807) is 24.3 Å². The Hall–Kier alpha value is -1.92. The second kappa shape index (κ2) is 8.45. The summed E-state index contributed by atoms with van der Waals surface area (Å²) in [6.45, 7) is 2.67. The van der Waals surface area contributed by atoms with Crippen molar-refractivity contribution in [2.24, 2.45) is 11.7 Å². The standard InChI is InChI=1S/C19H30N4O2/c1-19(20)12-5-4-6-16(19)18(25)22-15-9-7-14(8-10-15)21-17(24)11-13-23(2)3/h7-10,16H,4-6,11-13,20H2,1-3H3,(H,21,24)(H,22,25). The van der Waals surface area contributed by atoms with Crippen molar-refractivity contribution in [2.45, 2.75) is 44.6 Å². The van der Waals surface area contributed by atoms with Gasteiger partial charge in [0, 0.05) is 29.9 Å². The van der Waals surface area contributed by atoms with Crippen molar-refractivity contribution in [2.75, 3.05) is 31.3 Å². The lowest BCUT2D eigenvalue weighted by molar-refractivity contribution is -0.122. The topological polar surface area (TPSA) is 87.5 Å². The van der Waals surface area contributed by atoms with E-state index in [1.807, 2.05) is 25.9 Å². The summed E-state index contributed by atoms with van der Waals surface area (Å²) < 4.78 is 0. The van der Waals surface area contributed by atoms with E-state index in [2.05, 4.69) is 10.6 Å². The maximum atomic E-state index is 12.5. The van der Waals surface area contributed by atoms with Gasteiger partial charge in [0.25, 0.3) is 0 Å². The zero-order chi connectivity index (χ0) is 18.4. The summed E-state index contributed by atoms with van der Waals surface area (Å²) in [5, 5.41) is 5.81. The second-order valence-electron chi connectivity index (χ2n) is 7.47. The lowest BCUT2D eigenvalue weighted by Crippen LogP contribution is -2.51. The molecule has 0 saturated heterocycles. The normalized spacial score (nSPS) is 23.3. The summed E-state index contributed by atoms with van der Waals surface area (Å²) >= 11 is 0. The molecule has 6 nitrogen and oxygen atoms in total. The number of benzene rings is 1. The minimum Gasteiger partial charge on any atom is -0.326 e. The van der Waals surface area contributed by atoms with Crippen LogP contribution in [0.2, 0.25) is 0 Å². The van der Waals surface area contributed by atoms with Crippen molar-refractivity contribution < 1.29 is 9.59 Å². The van der Waals surface area contributed by atoms with E-state index in [9.17, 15) is 9.59 Å². The van der Waals surface area contributed by atoms with Crippen LogP contribution < -0.4 is 16.4 Å². The Morgan fingerprint density at radius 2 is 1.76 bits per heavy atom. The summed E-state index contributed by atoms with van der Waals surface area (Å²) in [6.07, 6.45) is 4.28. The molecule has 0 radical (unpaired) electrons. The highest BCUT2D eigenvalue weighted by Gasteiger charge is 2.37. The molecule has 138 valence electrons. The highest BCUT2D eigenvalue weighted by Crippen LogP contribution is 2.32. The van der Waals surface area contributed by atoms with Crippen molar-refractivity contribution in [3.05, 3.63) is 24.3 Å². The van der Waals surface area contributed by atoms with Gasteiger partial charge in [-0.15, -0.1) is 0 Å². The number of nitrogens with zero attached hydrogens (tertiary/aromatic N) is 1. The minimum absolute atomic E-state index is 0.0209. The van der Waals surface area contributed by atoms with Gasteiger partial charge in [-0.1, -0.05) is 12.8 Å². The van der Waals surface area contributed by atoms with Gasteiger partial charge in [-0.2, -0.15) is 0 Å². The van der Waals surface area contributed by atoms with E-state index >= 15 is 0 Å². The summed E-state index contributed by atoms with van der Waals surface area (Å²) in [6, 6.07) is 7.20. The highest BCUT2D eigenvalue weighted by atomic mass is 16.2. The molecule has 1 saturated carbocycles. The first-order chi connectivity index (χ1) is 11.8. The fourth-order valence-electron chi connectivity index (χ4n) is 3.20. The van der Waals surface area contributed by atoms with Gasteiger partial charge in [0.05, 0.1) is 5.92 Å². The fraction of sp³-hybridized carbons (Fsp3) is 0.579. The molecule has 0 spiro atoms. The monoisotopic (exact) mass is 346 g/mol. The van der Waals surface area contributed by atoms with Gasteiger partial charge in [-0.05, 0) is 58.1 Å². The Morgan fingerprint density at radius 3 is 2.32 bits per heavy atom. The number of carbonyl (C=O) groups is 2. The minimum atomic E-state index is -0.442.